The minimum atomic E-state index is -1.04. The molecule has 0 unspecified atom stereocenters. The zero-order chi connectivity index (χ0) is 13.8. The molecule has 6 heteroatoms. The highest BCUT2D eigenvalue weighted by atomic mass is 32.1. The van der Waals surface area contributed by atoms with Gasteiger partial charge in [-0.15, -0.1) is 11.3 Å². The second-order valence-electron chi connectivity index (χ2n) is 4.10. The monoisotopic (exact) mass is 277 g/mol. The summed E-state index contributed by atoms with van der Waals surface area (Å²) in [5.41, 5.74) is 1.94. The van der Waals surface area contributed by atoms with Gasteiger partial charge in [0, 0.05) is 10.6 Å². The molecule has 0 aliphatic carbocycles. The molecule has 0 fully saturated rings. The van der Waals surface area contributed by atoms with Crippen LogP contribution in [0, 0.1) is 6.92 Å². The maximum atomic E-state index is 10.9. The number of thiophene rings is 1. The second-order valence-corrected chi connectivity index (χ2v) is 5.10. The van der Waals surface area contributed by atoms with Gasteiger partial charge >= 0.3 is 5.97 Å². The van der Waals surface area contributed by atoms with E-state index >= 15 is 0 Å². The second kappa shape index (κ2) is 5.79. The summed E-state index contributed by atoms with van der Waals surface area (Å²) in [6.45, 7) is 4.47. The normalized spacial score (nSPS) is 10.4. The Labute approximate surface area is 115 Å². The van der Waals surface area contributed by atoms with E-state index in [1.54, 1.807) is 18.3 Å². The van der Waals surface area contributed by atoms with E-state index in [4.69, 9.17) is 5.11 Å². The SMILES string of the molecule is CCc1ccsc1CNc1nc(C)cc(C(=O)O)n1. The van der Waals surface area contributed by atoms with Gasteiger partial charge in [-0.2, -0.15) is 0 Å². The van der Waals surface area contributed by atoms with Crippen LogP contribution in [0.4, 0.5) is 5.95 Å². The van der Waals surface area contributed by atoms with Gasteiger partial charge in [-0.25, -0.2) is 14.8 Å². The lowest BCUT2D eigenvalue weighted by molar-refractivity contribution is 0.0690. The highest BCUT2D eigenvalue weighted by Crippen LogP contribution is 2.18. The number of nitrogens with zero attached hydrogens (tertiary/aromatic N) is 2. The molecule has 0 spiro atoms. The first-order chi connectivity index (χ1) is 9.10. The molecule has 0 radical (unpaired) electrons. The molecule has 2 aromatic heterocycles. The number of carboxylic acid groups (broad SMARTS) is 1. The molecule has 0 atom stereocenters. The number of carbonyl (C=O) groups is 1. The third-order valence-corrected chi connectivity index (χ3v) is 3.66. The Morgan fingerprint density at radius 3 is 2.95 bits per heavy atom. The fourth-order valence-corrected chi connectivity index (χ4v) is 2.67. The first-order valence-corrected chi connectivity index (χ1v) is 6.86. The van der Waals surface area contributed by atoms with E-state index in [1.807, 2.05) is 0 Å². The number of hydrogen-bond donors (Lipinski definition) is 2. The molecule has 0 aliphatic rings. The van der Waals surface area contributed by atoms with Crippen LogP contribution in [0.1, 0.15) is 33.5 Å². The van der Waals surface area contributed by atoms with Crippen LogP contribution >= 0.6 is 11.3 Å². The van der Waals surface area contributed by atoms with Crippen molar-refractivity contribution in [2.75, 3.05) is 5.32 Å². The average Bonchev–Trinajstić information content (AvgIpc) is 2.83. The van der Waals surface area contributed by atoms with Gasteiger partial charge in [-0.3, -0.25) is 0 Å². The molecule has 0 aliphatic heterocycles. The Balaban J connectivity index is 2.13. The smallest absolute Gasteiger partial charge is 0.354 e. The van der Waals surface area contributed by atoms with Gasteiger partial charge in [0.1, 0.15) is 0 Å². The summed E-state index contributed by atoms with van der Waals surface area (Å²) in [7, 11) is 0. The van der Waals surface area contributed by atoms with Gasteiger partial charge < -0.3 is 10.4 Å². The van der Waals surface area contributed by atoms with E-state index in [-0.39, 0.29) is 5.69 Å². The summed E-state index contributed by atoms with van der Waals surface area (Å²) in [5.74, 6) is -0.688. The Bertz CT molecular complexity index is 595. The van der Waals surface area contributed by atoms with Crippen molar-refractivity contribution in [3.05, 3.63) is 39.3 Å². The van der Waals surface area contributed by atoms with Crippen molar-refractivity contribution in [1.29, 1.82) is 0 Å². The average molecular weight is 277 g/mol. The molecule has 0 bridgehead atoms. The van der Waals surface area contributed by atoms with E-state index in [2.05, 4.69) is 33.7 Å². The Morgan fingerprint density at radius 1 is 1.47 bits per heavy atom. The van der Waals surface area contributed by atoms with Gasteiger partial charge in [0.05, 0.1) is 6.54 Å². The van der Waals surface area contributed by atoms with Crippen LogP contribution < -0.4 is 5.32 Å². The summed E-state index contributed by atoms with van der Waals surface area (Å²) in [6, 6.07) is 3.55. The number of aryl methyl sites for hydroxylation is 2. The molecular formula is C13H15N3O2S. The lowest BCUT2D eigenvalue weighted by Crippen LogP contribution is -2.09. The predicted molar refractivity (Wildman–Crippen MR) is 74.8 cm³/mol. The molecule has 2 rings (SSSR count). The van der Waals surface area contributed by atoms with Crippen LogP contribution in [-0.2, 0) is 13.0 Å². The Morgan fingerprint density at radius 2 is 2.26 bits per heavy atom. The third-order valence-electron chi connectivity index (χ3n) is 2.70. The number of rotatable bonds is 5. The van der Waals surface area contributed by atoms with E-state index in [1.165, 1.54) is 16.5 Å². The van der Waals surface area contributed by atoms with Gasteiger partial charge in [-0.05, 0) is 36.4 Å². The van der Waals surface area contributed by atoms with Crippen molar-refractivity contribution < 1.29 is 9.90 Å². The molecule has 5 nitrogen and oxygen atoms in total. The quantitative estimate of drug-likeness (QED) is 0.879. The van der Waals surface area contributed by atoms with Crippen LogP contribution in [0.15, 0.2) is 17.5 Å². The largest absolute Gasteiger partial charge is 0.477 e. The molecule has 2 N–H and O–H groups in total. The highest BCUT2D eigenvalue weighted by Gasteiger charge is 2.09. The molecule has 2 aromatic rings. The highest BCUT2D eigenvalue weighted by molar-refractivity contribution is 7.10. The van der Waals surface area contributed by atoms with Crippen molar-refractivity contribution in [1.82, 2.24) is 9.97 Å². The van der Waals surface area contributed by atoms with E-state index in [0.29, 0.717) is 18.2 Å². The minimum absolute atomic E-state index is 0.0110. The van der Waals surface area contributed by atoms with Gasteiger partial charge in [0.25, 0.3) is 0 Å². The van der Waals surface area contributed by atoms with Crippen LogP contribution in [0.5, 0.6) is 0 Å². The fourth-order valence-electron chi connectivity index (χ4n) is 1.75. The standard InChI is InChI=1S/C13H15N3O2S/c1-3-9-4-5-19-11(9)7-14-13-15-8(2)6-10(16-13)12(17)18/h4-6H,3,7H2,1-2H3,(H,17,18)(H,14,15,16). The minimum Gasteiger partial charge on any atom is -0.477 e. The summed E-state index contributed by atoms with van der Waals surface area (Å²) in [4.78, 5) is 20.3. The lowest BCUT2D eigenvalue weighted by atomic mass is 10.2. The van der Waals surface area contributed by atoms with Crippen LogP contribution in [0.3, 0.4) is 0 Å². The number of hydrogen-bond acceptors (Lipinski definition) is 5. The lowest BCUT2D eigenvalue weighted by Gasteiger charge is -2.06. The first kappa shape index (κ1) is 13.5. The Kier molecular flexibility index (Phi) is 4.11. The van der Waals surface area contributed by atoms with Crippen molar-refractivity contribution in [2.24, 2.45) is 0 Å². The van der Waals surface area contributed by atoms with E-state index in [0.717, 1.165) is 6.42 Å². The molecule has 19 heavy (non-hydrogen) atoms. The molecular weight excluding hydrogens is 262 g/mol. The van der Waals surface area contributed by atoms with E-state index < -0.39 is 5.97 Å². The molecule has 0 amide bonds. The van der Waals surface area contributed by atoms with Crippen molar-refractivity contribution >= 4 is 23.3 Å². The summed E-state index contributed by atoms with van der Waals surface area (Å²) in [5, 5.41) is 14.1. The van der Waals surface area contributed by atoms with Gasteiger partial charge in [0.2, 0.25) is 5.95 Å². The molecule has 0 aromatic carbocycles. The number of aromatic nitrogens is 2. The van der Waals surface area contributed by atoms with Crippen LogP contribution in [-0.4, -0.2) is 21.0 Å². The van der Waals surface area contributed by atoms with Crippen LogP contribution in [0.2, 0.25) is 0 Å². The molecule has 2 heterocycles. The van der Waals surface area contributed by atoms with Crippen molar-refractivity contribution in [2.45, 2.75) is 26.8 Å². The van der Waals surface area contributed by atoms with Crippen molar-refractivity contribution in [3.8, 4) is 0 Å². The number of nitrogens with one attached hydrogen (secondary N) is 1. The van der Waals surface area contributed by atoms with Crippen LogP contribution in [0.25, 0.3) is 0 Å². The Hall–Kier alpha value is -1.95. The molecule has 0 saturated heterocycles. The number of anilines is 1. The van der Waals surface area contributed by atoms with E-state index in [9.17, 15) is 4.79 Å². The number of carboxylic acids is 1. The topological polar surface area (TPSA) is 75.1 Å². The predicted octanol–water partition coefficient (Wildman–Crippen LogP) is 2.72. The summed E-state index contributed by atoms with van der Waals surface area (Å²) in [6.07, 6.45) is 0.982. The molecule has 0 saturated carbocycles. The maximum Gasteiger partial charge on any atom is 0.354 e. The molecule has 100 valence electrons. The van der Waals surface area contributed by atoms with Gasteiger partial charge in [0.15, 0.2) is 5.69 Å². The summed E-state index contributed by atoms with van der Waals surface area (Å²) >= 11 is 1.67. The zero-order valence-electron chi connectivity index (χ0n) is 10.8. The maximum absolute atomic E-state index is 10.9. The zero-order valence-corrected chi connectivity index (χ0v) is 11.6. The summed E-state index contributed by atoms with van der Waals surface area (Å²) < 4.78 is 0. The van der Waals surface area contributed by atoms with Crippen molar-refractivity contribution in [3.63, 3.8) is 0 Å². The third kappa shape index (κ3) is 3.29. The fraction of sp³-hybridized carbons (Fsp3) is 0.308. The number of aromatic carboxylic acids is 1. The van der Waals surface area contributed by atoms with Gasteiger partial charge in [-0.1, -0.05) is 6.92 Å². The first-order valence-electron chi connectivity index (χ1n) is 5.98.